The molecule has 0 bridgehead atoms. The molecule has 3 nitrogen and oxygen atoms in total. The van der Waals surface area contributed by atoms with Crippen molar-refractivity contribution >= 4 is 17.4 Å². The van der Waals surface area contributed by atoms with Gasteiger partial charge in [-0.15, -0.1) is 0 Å². The summed E-state index contributed by atoms with van der Waals surface area (Å²) in [5.41, 5.74) is -0.301. The van der Waals surface area contributed by atoms with Crippen molar-refractivity contribution in [2.75, 3.05) is 0 Å². The lowest BCUT2D eigenvalue weighted by Crippen LogP contribution is -2.13. The molecule has 0 amide bonds. The fourth-order valence-corrected chi connectivity index (χ4v) is 2.32. The number of alkyl halides is 3. The number of ketones is 1. The van der Waals surface area contributed by atoms with Crippen LogP contribution in [0.1, 0.15) is 36.9 Å². The fourth-order valence-electron chi connectivity index (χ4n) is 2.04. The molecule has 22 heavy (non-hydrogen) atoms. The van der Waals surface area contributed by atoms with Crippen molar-refractivity contribution in [2.24, 2.45) is 5.92 Å². The van der Waals surface area contributed by atoms with Gasteiger partial charge in [-0.1, -0.05) is 17.2 Å². The van der Waals surface area contributed by atoms with Gasteiger partial charge in [0.05, 0.1) is 22.3 Å². The van der Waals surface area contributed by atoms with Gasteiger partial charge in [0.15, 0.2) is 11.7 Å². The maximum atomic E-state index is 12.6. The van der Waals surface area contributed by atoms with Crippen molar-refractivity contribution in [2.45, 2.75) is 31.9 Å². The van der Waals surface area contributed by atoms with Crippen LogP contribution in [0.3, 0.4) is 0 Å². The summed E-state index contributed by atoms with van der Waals surface area (Å²) >= 11 is 5.78. The van der Waals surface area contributed by atoms with Crippen LogP contribution >= 0.6 is 11.6 Å². The van der Waals surface area contributed by atoms with Gasteiger partial charge in [-0.3, -0.25) is 9.78 Å². The van der Waals surface area contributed by atoms with E-state index in [4.69, 9.17) is 16.9 Å². The number of rotatable bonds is 4. The molecule has 1 saturated carbocycles. The first-order valence-electron chi connectivity index (χ1n) is 6.58. The summed E-state index contributed by atoms with van der Waals surface area (Å²) < 4.78 is 37.7. The third-order valence-corrected chi connectivity index (χ3v) is 3.78. The highest BCUT2D eigenvalue weighted by atomic mass is 35.5. The Morgan fingerprint density at radius 1 is 1.55 bits per heavy atom. The molecule has 1 aliphatic rings. The first-order chi connectivity index (χ1) is 10.2. The molecule has 0 aliphatic heterocycles. The summed E-state index contributed by atoms with van der Waals surface area (Å²) in [4.78, 5) is 15.7. The first kappa shape index (κ1) is 16.5. The van der Waals surface area contributed by atoms with Crippen molar-refractivity contribution in [1.82, 2.24) is 4.98 Å². The largest absolute Gasteiger partial charge is 0.417 e. The molecular weight excluding hydrogens is 317 g/mol. The molecule has 116 valence electrons. The second kappa shape index (κ2) is 6.09. The van der Waals surface area contributed by atoms with E-state index in [0.717, 1.165) is 18.4 Å². The molecule has 1 aromatic heterocycles. The number of pyridine rings is 1. The molecule has 1 heterocycles. The van der Waals surface area contributed by atoms with Crippen molar-refractivity contribution in [3.05, 3.63) is 40.2 Å². The van der Waals surface area contributed by atoms with Gasteiger partial charge < -0.3 is 0 Å². The van der Waals surface area contributed by atoms with E-state index in [1.165, 1.54) is 6.08 Å². The van der Waals surface area contributed by atoms with Gasteiger partial charge in [-0.05, 0) is 37.8 Å². The molecule has 1 atom stereocenters. The summed E-state index contributed by atoms with van der Waals surface area (Å²) in [7, 11) is 0. The minimum atomic E-state index is -4.58. The Hall–Kier alpha value is -1.87. The lowest BCUT2D eigenvalue weighted by Gasteiger charge is -2.11. The number of nitriles is 1. The van der Waals surface area contributed by atoms with E-state index in [2.05, 4.69) is 4.98 Å². The first-order valence-corrected chi connectivity index (χ1v) is 6.96. The predicted octanol–water partition coefficient (Wildman–Crippen LogP) is 4.29. The second-order valence-corrected chi connectivity index (χ2v) is 5.62. The zero-order valence-corrected chi connectivity index (χ0v) is 12.4. The quantitative estimate of drug-likeness (QED) is 0.775. The molecule has 0 radical (unpaired) electrons. The number of carbonyl (C=O) groups excluding carboxylic acids is 1. The van der Waals surface area contributed by atoms with E-state index < -0.39 is 23.4 Å². The molecule has 0 saturated heterocycles. The van der Waals surface area contributed by atoms with E-state index >= 15 is 0 Å². The number of aromatic nitrogens is 1. The van der Waals surface area contributed by atoms with Gasteiger partial charge in [-0.2, -0.15) is 18.4 Å². The second-order valence-electron chi connectivity index (χ2n) is 5.22. The Bertz CT molecular complexity index is 672. The highest BCUT2D eigenvalue weighted by Gasteiger charge is 2.33. The minimum Gasteiger partial charge on any atom is -0.293 e. The van der Waals surface area contributed by atoms with Crippen LogP contribution in [-0.4, -0.2) is 10.8 Å². The van der Waals surface area contributed by atoms with E-state index in [1.807, 2.05) is 0 Å². The Morgan fingerprint density at radius 2 is 2.18 bits per heavy atom. The number of allylic oxidation sites excluding steroid dienone is 2. The molecule has 2 rings (SSSR count). The van der Waals surface area contributed by atoms with Crippen molar-refractivity contribution in [3.8, 4) is 6.07 Å². The third kappa shape index (κ3) is 3.66. The van der Waals surface area contributed by atoms with Gasteiger partial charge in [-0.25, -0.2) is 0 Å². The molecule has 1 aromatic rings. The van der Waals surface area contributed by atoms with Gasteiger partial charge in [0.1, 0.15) is 0 Å². The number of nitrogens with zero attached hydrogens (tertiary/aromatic N) is 2. The Balaban J connectivity index is 2.30. The van der Waals surface area contributed by atoms with Gasteiger partial charge in [0.2, 0.25) is 0 Å². The fraction of sp³-hybridized carbons (Fsp3) is 0.400. The van der Waals surface area contributed by atoms with Gasteiger partial charge in [0, 0.05) is 6.20 Å². The van der Waals surface area contributed by atoms with Gasteiger partial charge in [0.25, 0.3) is 0 Å². The van der Waals surface area contributed by atoms with Crippen LogP contribution in [0, 0.1) is 17.2 Å². The predicted molar refractivity (Wildman–Crippen MR) is 74.1 cm³/mol. The summed E-state index contributed by atoms with van der Waals surface area (Å²) in [6.07, 6.45) is -0.625. The maximum absolute atomic E-state index is 12.6. The number of halogens is 4. The Labute approximate surface area is 130 Å². The number of carbonyl (C=O) groups is 1. The topological polar surface area (TPSA) is 53.8 Å². The molecular formula is C15H12ClF3N2O. The summed E-state index contributed by atoms with van der Waals surface area (Å²) in [6.45, 7) is 1.80. The number of hydrogen-bond donors (Lipinski definition) is 0. The van der Waals surface area contributed by atoms with E-state index in [9.17, 15) is 18.0 Å². The molecule has 1 fully saturated rings. The summed E-state index contributed by atoms with van der Waals surface area (Å²) in [6, 6.07) is 2.44. The average molecular weight is 329 g/mol. The maximum Gasteiger partial charge on any atom is 0.417 e. The zero-order valence-electron chi connectivity index (χ0n) is 11.6. The van der Waals surface area contributed by atoms with Crippen molar-refractivity contribution in [3.63, 3.8) is 0 Å². The van der Waals surface area contributed by atoms with E-state index in [1.54, 1.807) is 13.0 Å². The summed E-state index contributed by atoms with van der Waals surface area (Å²) in [5, 5.41) is 8.81. The SMILES string of the molecule is C/C(=C\C(=O)[C@H](C#N)c1ncc(C(F)(F)F)cc1Cl)C1CC1. The van der Waals surface area contributed by atoms with Crippen LogP contribution in [0.4, 0.5) is 13.2 Å². The van der Waals surface area contributed by atoms with Gasteiger partial charge >= 0.3 is 6.18 Å². The highest BCUT2D eigenvalue weighted by molar-refractivity contribution is 6.31. The third-order valence-electron chi connectivity index (χ3n) is 3.48. The monoisotopic (exact) mass is 328 g/mol. The zero-order chi connectivity index (χ0) is 16.5. The lowest BCUT2D eigenvalue weighted by molar-refractivity contribution is -0.137. The summed E-state index contributed by atoms with van der Waals surface area (Å²) in [5.74, 6) is -1.45. The molecule has 0 unspecified atom stereocenters. The normalized spacial score (nSPS) is 17.0. The molecule has 7 heteroatoms. The van der Waals surface area contributed by atoms with Crippen molar-refractivity contribution in [1.29, 1.82) is 5.26 Å². The van der Waals surface area contributed by atoms with E-state index in [-0.39, 0.29) is 10.7 Å². The van der Waals surface area contributed by atoms with Crippen LogP contribution in [0.25, 0.3) is 0 Å². The highest BCUT2D eigenvalue weighted by Crippen LogP contribution is 2.37. The minimum absolute atomic E-state index is 0.151. The molecule has 0 spiro atoms. The van der Waals surface area contributed by atoms with Crippen LogP contribution in [-0.2, 0) is 11.0 Å². The van der Waals surface area contributed by atoms with Crippen LogP contribution in [0.15, 0.2) is 23.9 Å². The molecule has 0 aromatic carbocycles. The Morgan fingerprint density at radius 3 is 2.64 bits per heavy atom. The molecule has 0 N–H and O–H groups in total. The Kier molecular flexibility index (Phi) is 4.57. The van der Waals surface area contributed by atoms with Crippen molar-refractivity contribution < 1.29 is 18.0 Å². The van der Waals surface area contributed by atoms with Crippen LogP contribution in [0.5, 0.6) is 0 Å². The van der Waals surface area contributed by atoms with E-state index in [0.29, 0.717) is 18.2 Å². The van der Waals surface area contributed by atoms with Crippen LogP contribution in [0.2, 0.25) is 5.02 Å². The average Bonchev–Trinajstić information content (AvgIpc) is 3.24. The standard InChI is InChI=1S/C15H12ClF3N2O/c1-8(9-2-3-9)4-13(22)11(6-20)14-12(16)5-10(7-21-14)15(17,18)19/h4-5,7,9,11H,2-3H2,1H3/b8-4+/t11-/m0/s1. The smallest absolute Gasteiger partial charge is 0.293 e. The lowest BCUT2D eigenvalue weighted by atomic mass is 9.98. The van der Waals surface area contributed by atoms with Crippen LogP contribution < -0.4 is 0 Å². The molecule has 1 aliphatic carbocycles. The number of hydrogen-bond acceptors (Lipinski definition) is 3.